The molecule has 0 amide bonds. The summed E-state index contributed by atoms with van der Waals surface area (Å²) in [6, 6.07) is 8.14. The maximum Gasteiger partial charge on any atom is 0.322 e. The molecule has 0 saturated carbocycles. The number of benzene rings is 2. The molecule has 2 aromatic rings. The zero-order chi connectivity index (χ0) is 20.4. The van der Waals surface area contributed by atoms with Crippen LogP contribution in [0.25, 0.3) is 10.8 Å². The van der Waals surface area contributed by atoms with Crippen LogP contribution in [-0.4, -0.2) is 41.5 Å². The minimum Gasteiger partial charge on any atom is -0.508 e. The molecule has 2 rings (SSSR count). The molecule has 0 aromatic heterocycles. The lowest BCUT2D eigenvalue weighted by atomic mass is 10.0. The van der Waals surface area contributed by atoms with Gasteiger partial charge >= 0.3 is 5.97 Å². The number of aromatic hydroxyl groups is 1. The molecule has 0 bridgehead atoms. The van der Waals surface area contributed by atoms with E-state index in [-0.39, 0.29) is 29.0 Å². The van der Waals surface area contributed by atoms with Crippen molar-refractivity contribution in [2.75, 3.05) is 6.54 Å². The highest BCUT2D eigenvalue weighted by atomic mass is 32.2. The van der Waals surface area contributed by atoms with Gasteiger partial charge in [-0.3, -0.25) is 4.79 Å². The number of nitrogens with zero attached hydrogens (tertiary/aromatic N) is 1. The number of carbonyl (C=O) groups is 1. The number of phenolic OH excluding ortho intramolecular Hbond substituents is 1. The second-order valence-corrected chi connectivity index (χ2v) is 9.41. The van der Waals surface area contributed by atoms with Crippen LogP contribution in [0.1, 0.15) is 34.1 Å². The molecule has 0 aliphatic heterocycles. The maximum atomic E-state index is 13.3. The van der Waals surface area contributed by atoms with Crippen molar-refractivity contribution < 1.29 is 23.4 Å². The fraction of sp³-hybridized carbons (Fsp3) is 0.450. The number of aliphatic carboxylic acids is 1. The molecule has 0 fully saturated rings. The number of sulfonamides is 1. The highest BCUT2D eigenvalue weighted by molar-refractivity contribution is 7.89. The zero-order valence-corrected chi connectivity index (χ0v) is 16.9. The van der Waals surface area contributed by atoms with Gasteiger partial charge in [0.25, 0.3) is 0 Å². The highest BCUT2D eigenvalue weighted by Gasteiger charge is 2.37. The molecule has 0 saturated heterocycles. The van der Waals surface area contributed by atoms with Gasteiger partial charge in [0.15, 0.2) is 0 Å². The molecule has 2 N–H and O–H groups in total. The molecular formula is C20H27NO5S. The van der Waals surface area contributed by atoms with E-state index in [2.05, 4.69) is 0 Å². The zero-order valence-electron chi connectivity index (χ0n) is 16.1. The lowest BCUT2D eigenvalue weighted by molar-refractivity contribution is -0.143. The molecule has 148 valence electrons. The minimum absolute atomic E-state index is 0.0522. The Morgan fingerprint density at radius 3 is 2.19 bits per heavy atom. The predicted molar refractivity (Wildman–Crippen MR) is 105 cm³/mol. The summed E-state index contributed by atoms with van der Waals surface area (Å²) in [6.45, 7) is 7.50. The van der Waals surface area contributed by atoms with E-state index >= 15 is 0 Å². The van der Waals surface area contributed by atoms with Crippen LogP contribution in [0.15, 0.2) is 41.3 Å². The van der Waals surface area contributed by atoms with Crippen molar-refractivity contribution in [3.05, 3.63) is 36.4 Å². The second-order valence-electron chi connectivity index (χ2n) is 7.52. The first-order valence-corrected chi connectivity index (χ1v) is 10.5. The van der Waals surface area contributed by atoms with Crippen LogP contribution in [0.3, 0.4) is 0 Å². The number of hydrogen-bond donors (Lipinski definition) is 2. The lowest BCUT2D eigenvalue weighted by Crippen LogP contribution is -2.48. The predicted octanol–water partition coefficient (Wildman–Crippen LogP) is 3.69. The van der Waals surface area contributed by atoms with E-state index < -0.39 is 22.0 Å². The molecule has 0 heterocycles. The van der Waals surface area contributed by atoms with Crippen molar-refractivity contribution in [2.45, 2.75) is 45.1 Å². The fourth-order valence-electron chi connectivity index (χ4n) is 3.04. The van der Waals surface area contributed by atoms with Crippen molar-refractivity contribution >= 4 is 26.8 Å². The van der Waals surface area contributed by atoms with Gasteiger partial charge in [-0.2, -0.15) is 4.31 Å². The summed E-state index contributed by atoms with van der Waals surface area (Å²) >= 11 is 0. The van der Waals surface area contributed by atoms with E-state index in [9.17, 15) is 23.4 Å². The molecular weight excluding hydrogens is 366 g/mol. The first kappa shape index (κ1) is 21.2. The summed E-state index contributed by atoms with van der Waals surface area (Å²) in [4.78, 5) is 11.9. The first-order valence-electron chi connectivity index (χ1n) is 9.01. The molecule has 2 aromatic carbocycles. The Morgan fingerprint density at radius 2 is 1.63 bits per heavy atom. The summed E-state index contributed by atoms with van der Waals surface area (Å²) in [5.74, 6) is -1.18. The standard InChI is InChI=1S/C20H27NO5S/c1-13(2)9-10-21(19(14(3)4)20(23)24)27(25,26)18-8-6-15-11-17(22)7-5-16(15)12-18/h5-8,11-14,19,22H,9-10H2,1-4H3,(H,23,24)/t19-/m1/s1. The second kappa shape index (κ2) is 8.27. The van der Waals surface area contributed by atoms with Crippen LogP contribution in [0.4, 0.5) is 0 Å². The average Bonchev–Trinajstić information content (AvgIpc) is 2.56. The highest BCUT2D eigenvalue weighted by Crippen LogP contribution is 2.27. The van der Waals surface area contributed by atoms with Crippen LogP contribution in [0.5, 0.6) is 5.75 Å². The summed E-state index contributed by atoms with van der Waals surface area (Å²) in [7, 11) is -4.00. The Bertz CT molecular complexity index is 921. The third kappa shape index (κ3) is 4.78. The average molecular weight is 394 g/mol. The van der Waals surface area contributed by atoms with Gasteiger partial charge in [0.05, 0.1) is 4.90 Å². The Morgan fingerprint density at radius 1 is 1.04 bits per heavy atom. The maximum absolute atomic E-state index is 13.3. The number of hydrogen-bond acceptors (Lipinski definition) is 4. The summed E-state index contributed by atoms with van der Waals surface area (Å²) < 4.78 is 27.8. The summed E-state index contributed by atoms with van der Waals surface area (Å²) in [5, 5.41) is 20.6. The number of fused-ring (bicyclic) bond motifs is 1. The third-order valence-corrected chi connectivity index (χ3v) is 6.40. The summed E-state index contributed by atoms with van der Waals surface area (Å²) in [6.07, 6.45) is 0.567. The molecule has 0 aliphatic carbocycles. The van der Waals surface area contributed by atoms with Crippen molar-refractivity contribution in [3.8, 4) is 5.75 Å². The van der Waals surface area contributed by atoms with E-state index in [1.807, 2.05) is 13.8 Å². The van der Waals surface area contributed by atoms with Crippen molar-refractivity contribution in [3.63, 3.8) is 0 Å². The molecule has 0 spiro atoms. The molecule has 6 nitrogen and oxygen atoms in total. The van der Waals surface area contributed by atoms with Crippen LogP contribution in [-0.2, 0) is 14.8 Å². The van der Waals surface area contributed by atoms with E-state index in [0.717, 1.165) is 4.31 Å². The lowest BCUT2D eigenvalue weighted by Gasteiger charge is -2.31. The summed E-state index contributed by atoms with van der Waals surface area (Å²) in [5.41, 5.74) is 0. The number of carboxylic acid groups (broad SMARTS) is 1. The fourth-order valence-corrected chi connectivity index (χ4v) is 4.81. The van der Waals surface area contributed by atoms with Gasteiger partial charge < -0.3 is 10.2 Å². The van der Waals surface area contributed by atoms with E-state index in [4.69, 9.17) is 0 Å². The minimum atomic E-state index is -4.00. The van der Waals surface area contributed by atoms with Crippen LogP contribution >= 0.6 is 0 Å². The van der Waals surface area contributed by atoms with Gasteiger partial charge in [-0.25, -0.2) is 8.42 Å². The van der Waals surface area contributed by atoms with Crippen molar-refractivity contribution in [1.82, 2.24) is 4.31 Å². The van der Waals surface area contributed by atoms with Crippen LogP contribution in [0, 0.1) is 11.8 Å². The third-order valence-electron chi connectivity index (χ3n) is 4.52. The molecule has 0 radical (unpaired) electrons. The molecule has 0 aliphatic rings. The molecule has 1 atom stereocenters. The van der Waals surface area contributed by atoms with Crippen LogP contribution in [0.2, 0.25) is 0 Å². The largest absolute Gasteiger partial charge is 0.508 e. The van der Waals surface area contributed by atoms with Gasteiger partial charge in [-0.15, -0.1) is 0 Å². The monoisotopic (exact) mass is 393 g/mol. The van der Waals surface area contributed by atoms with Gasteiger partial charge in [-0.05, 0) is 53.3 Å². The van der Waals surface area contributed by atoms with Gasteiger partial charge in [0, 0.05) is 6.54 Å². The molecule has 0 unspecified atom stereocenters. The molecule has 7 heteroatoms. The van der Waals surface area contributed by atoms with Gasteiger partial charge in [-0.1, -0.05) is 39.8 Å². The van der Waals surface area contributed by atoms with E-state index in [1.54, 1.807) is 32.0 Å². The van der Waals surface area contributed by atoms with E-state index in [1.165, 1.54) is 18.2 Å². The quantitative estimate of drug-likeness (QED) is 0.713. The Hall–Kier alpha value is -2.12. The van der Waals surface area contributed by atoms with Crippen molar-refractivity contribution in [1.29, 1.82) is 0 Å². The first-order chi connectivity index (χ1) is 12.5. The normalized spacial score (nSPS) is 13.6. The van der Waals surface area contributed by atoms with E-state index in [0.29, 0.717) is 17.2 Å². The van der Waals surface area contributed by atoms with Crippen LogP contribution < -0.4 is 0 Å². The SMILES string of the molecule is CC(C)CCN([C@@H](C(=O)O)C(C)C)S(=O)(=O)c1ccc2cc(O)ccc2c1. The smallest absolute Gasteiger partial charge is 0.322 e. The Kier molecular flexibility index (Phi) is 6.49. The topological polar surface area (TPSA) is 94.9 Å². The number of phenols is 1. The van der Waals surface area contributed by atoms with Gasteiger partial charge in [0.1, 0.15) is 11.8 Å². The number of carboxylic acids is 1. The van der Waals surface area contributed by atoms with Gasteiger partial charge in [0.2, 0.25) is 10.0 Å². The van der Waals surface area contributed by atoms with Crippen molar-refractivity contribution in [2.24, 2.45) is 11.8 Å². The molecule has 27 heavy (non-hydrogen) atoms. The Balaban J connectivity index is 2.54. The Labute approximate surface area is 160 Å². The number of rotatable bonds is 8.